The van der Waals surface area contributed by atoms with E-state index in [1.165, 1.54) is 6.42 Å². The molecule has 0 radical (unpaired) electrons. The summed E-state index contributed by atoms with van der Waals surface area (Å²) in [6.07, 6.45) is 3.34. The van der Waals surface area contributed by atoms with Crippen molar-refractivity contribution in [1.82, 2.24) is 0 Å². The highest BCUT2D eigenvalue weighted by molar-refractivity contribution is 5.89. The molecule has 3 N–H and O–H groups in total. The number of carboxylic acid groups (broad SMARTS) is 1. The van der Waals surface area contributed by atoms with E-state index in [9.17, 15) is 9.90 Å². The number of hydrogen-bond acceptors (Lipinski definition) is 2. The van der Waals surface area contributed by atoms with E-state index in [1.807, 2.05) is 26.0 Å². The zero-order chi connectivity index (χ0) is 12.6. The van der Waals surface area contributed by atoms with Crippen LogP contribution in [0.15, 0.2) is 12.1 Å². The summed E-state index contributed by atoms with van der Waals surface area (Å²) in [4.78, 5) is 11.2. The first-order valence-electron chi connectivity index (χ1n) is 6.05. The standard InChI is InChI=1S/C14H19NO2/c1-9-6-10(2)12(7-11(9)13(16)17)14(8-15)4-3-5-14/h6-7H,3-5,8,15H2,1-2H3,(H,16,17). The quantitative estimate of drug-likeness (QED) is 0.842. The normalized spacial score (nSPS) is 17.6. The second-order valence-corrected chi connectivity index (χ2v) is 5.13. The van der Waals surface area contributed by atoms with Crippen molar-refractivity contribution in [3.63, 3.8) is 0 Å². The molecular formula is C14H19NO2. The van der Waals surface area contributed by atoms with Crippen LogP contribution in [0.3, 0.4) is 0 Å². The minimum atomic E-state index is -0.852. The first-order valence-corrected chi connectivity index (χ1v) is 6.05. The van der Waals surface area contributed by atoms with Crippen LogP contribution in [0.25, 0.3) is 0 Å². The van der Waals surface area contributed by atoms with Crippen LogP contribution in [0.2, 0.25) is 0 Å². The summed E-state index contributed by atoms with van der Waals surface area (Å²) in [5.41, 5.74) is 9.45. The number of carbonyl (C=O) groups is 1. The molecule has 1 aromatic carbocycles. The lowest BCUT2D eigenvalue weighted by atomic mass is 9.63. The fourth-order valence-electron chi connectivity index (χ4n) is 2.84. The molecule has 1 aliphatic carbocycles. The minimum Gasteiger partial charge on any atom is -0.478 e. The van der Waals surface area contributed by atoms with Gasteiger partial charge in [0.15, 0.2) is 0 Å². The molecule has 2 rings (SSSR count). The summed E-state index contributed by atoms with van der Waals surface area (Å²) in [5, 5.41) is 9.18. The van der Waals surface area contributed by atoms with E-state index in [0.717, 1.165) is 29.5 Å². The lowest BCUT2D eigenvalue weighted by Crippen LogP contribution is -2.42. The molecule has 0 bridgehead atoms. The fraction of sp³-hybridized carbons (Fsp3) is 0.500. The maximum absolute atomic E-state index is 11.2. The summed E-state index contributed by atoms with van der Waals surface area (Å²) in [6, 6.07) is 3.80. The SMILES string of the molecule is Cc1cc(C)c(C2(CN)CCC2)cc1C(=O)O. The molecule has 1 aliphatic rings. The number of rotatable bonds is 3. The molecule has 0 heterocycles. The Morgan fingerprint density at radius 3 is 2.41 bits per heavy atom. The zero-order valence-corrected chi connectivity index (χ0v) is 10.4. The Labute approximate surface area is 102 Å². The van der Waals surface area contributed by atoms with Gasteiger partial charge in [0.05, 0.1) is 5.56 Å². The number of hydrogen-bond donors (Lipinski definition) is 2. The Hall–Kier alpha value is -1.35. The van der Waals surface area contributed by atoms with Crippen LogP contribution >= 0.6 is 0 Å². The molecule has 1 aromatic rings. The van der Waals surface area contributed by atoms with E-state index in [0.29, 0.717) is 12.1 Å². The summed E-state index contributed by atoms with van der Waals surface area (Å²) in [5.74, 6) is -0.852. The average molecular weight is 233 g/mol. The Balaban J connectivity index is 2.54. The van der Waals surface area contributed by atoms with Gasteiger partial charge in [0.25, 0.3) is 0 Å². The predicted molar refractivity (Wildman–Crippen MR) is 67.5 cm³/mol. The molecule has 3 heteroatoms. The second-order valence-electron chi connectivity index (χ2n) is 5.13. The van der Waals surface area contributed by atoms with E-state index in [1.54, 1.807) is 0 Å². The topological polar surface area (TPSA) is 63.3 Å². The van der Waals surface area contributed by atoms with Crippen molar-refractivity contribution in [3.8, 4) is 0 Å². The van der Waals surface area contributed by atoms with Crippen LogP contribution in [0.1, 0.15) is 46.3 Å². The largest absolute Gasteiger partial charge is 0.478 e. The monoisotopic (exact) mass is 233 g/mol. The van der Waals surface area contributed by atoms with Gasteiger partial charge in [-0.25, -0.2) is 4.79 Å². The molecule has 1 saturated carbocycles. The summed E-state index contributed by atoms with van der Waals surface area (Å²) >= 11 is 0. The maximum Gasteiger partial charge on any atom is 0.335 e. The first kappa shape index (κ1) is 12.1. The van der Waals surface area contributed by atoms with E-state index < -0.39 is 5.97 Å². The summed E-state index contributed by atoms with van der Waals surface area (Å²) in [7, 11) is 0. The lowest BCUT2D eigenvalue weighted by Gasteiger charge is -2.42. The molecule has 0 aromatic heterocycles. The van der Waals surface area contributed by atoms with E-state index >= 15 is 0 Å². The molecule has 0 amide bonds. The van der Waals surface area contributed by atoms with Crippen LogP contribution in [-0.4, -0.2) is 17.6 Å². The van der Waals surface area contributed by atoms with Gasteiger partial charge in [-0.2, -0.15) is 0 Å². The van der Waals surface area contributed by atoms with E-state index in [-0.39, 0.29) is 5.41 Å². The molecule has 0 spiro atoms. The molecule has 0 aliphatic heterocycles. The third kappa shape index (κ3) is 1.84. The Morgan fingerprint density at radius 1 is 1.35 bits per heavy atom. The fourth-order valence-corrected chi connectivity index (χ4v) is 2.84. The number of nitrogens with two attached hydrogens (primary N) is 1. The first-order chi connectivity index (χ1) is 8.00. The molecular weight excluding hydrogens is 214 g/mol. The van der Waals surface area contributed by atoms with Gasteiger partial charge in [-0.05, 0) is 49.4 Å². The van der Waals surface area contributed by atoms with Crippen molar-refractivity contribution in [3.05, 3.63) is 34.4 Å². The average Bonchev–Trinajstić information content (AvgIpc) is 2.19. The minimum absolute atomic E-state index is 0.0297. The molecule has 0 unspecified atom stereocenters. The Kier molecular flexibility index (Phi) is 2.96. The van der Waals surface area contributed by atoms with Gasteiger partial charge < -0.3 is 10.8 Å². The van der Waals surface area contributed by atoms with Crippen LogP contribution in [-0.2, 0) is 5.41 Å². The molecule has 0 atom stereocenters. The highest BCUT2D eigenvalue weighted by Gasteiger charge is 2.38. The van der Waals surface area contributed by atoms with Crippen molar-refractivity contribution in [2.24, 2.45) is 5.73 Å². The van der Waals surface area contributed by atoms with Crippen molar-refractivity contribution in [2.75, 3.05) is 6.54 Å². The molecule has 3 nitrogen and oxygen atoms in total. The smallest absolute Gasteiger partial charge is 0.335 e. The van der Waals surface area contributed by atoms with Gasteiger partial charge in [0.1, 0.15) is 0 Å². The van der Waals surface area contributed by atoms with Gasteiger partial charge in [0.2, 0.25) is 0 Å². The second kappa shape index (κ2) is 4.15. The summed E-state index contributed by atoms with van der Waals surface area (Å²) < 4.78 is 0. The Bertz CT molecular complexity index is 456. The van der Waals surface area contributed by atoms with Crippen LogP contribution in [0, 0.1) is 13.8 Å². The number of aryl methyl sites for hydroxylation is 2. The van der Waals surface area contributed by atoms with Gasteiger partial charge in [-0.3, -0.25) is 0 Å². The van der Waals surface area contributed by atoms with E-state index in [2.05, 4.69) is 0 Å². The molecule has 92 valence electrons. The Morgan fingerprint density at radius 2 is 2.00 bits per heavy atom. The highest BCUT2D eigenvalue weighted by atomic mass is 16.4. The molecule has 1 fully saturated rings. The van der Waals surface area contributed by atoms with Gasteiger partial charge in [0, 0.05) is 12.0 Å². The zero-order valence-electron chi connectivity index (χ0n) is 10.4. The number of aromatic carboxylic acids is 1. The van der Waals surface area contributed by atoms with Crippen molar-refractivity contribution >= 4 is 5.97 Å². The van der Waals surface area contributed by atoms with Gasteiger partial charge >= 0.3 is 5.97 Å². The van der Waals surface area contributed by atoms with Gasteiger partial charge in [-0.1, -0.05) is 12.5 Å². The van der Waals surface area contributed by atoms with Crippen molar-refractivity contribution in [1.29, 1.82) is 0 Å². The molecule has 17 heavy (non-hydrogen) atoms. The highest BCUT2D eigenvalue weighted by Crippen LogP contribution is 2.44. The molecule has 0 saturated heterocycles. The predicted octanol–water partition coefficient (Wildman–Crippen LogP) is 2.38. The van der Waals surface area contributed by atoms with Crippen molar-refractivity contribution in [2.45, 2.75) is 38.5 Å². The van der Waals surface area contributed by atoms with Crippen LogP contribution in [0.5, 0.6) is 0 Å². The lowest BCUT2D eigenvalue weighted by molar-refractivity contribution is 0.0695. The van der Waals surface area contributed by atoms with Gasteiger partial charge in [-0.15, -0.1) is 0 Å². The number of benzene rings is 1. The van der Waals surface area contributed by atoms with Crippen molar-refractivity contribution < 1.29 is 9.90 Å². The third-order valence-corrected chi connectivity index (χ3v) is 4.07. The maximum atomic E-state index is 11.2. The third-order valence-electron chi connectivity index (χ3n) is 4.07. The van der Waals surface area contributed by atoms with E-state index in [4.69, 9.17) is 5.73 Å². The van der Waals surface area contributed by atoms with Crippen LogP contribution < -0.4 is 5.73 Å². The number of carboxylic acids is 1. The van der Waals surface area contributed by atoms with Crippen LogP contribution in [0.4, 0.5) is 0 Å². The summed E-state index contributed by atoms with van der Waals surface area (Å²) in [6.45, 7) is 4.50.